The highest BCUT2D eigenvalue weighted by Crippen LogP contribution is 2.17. The number of nitrogens with one attached hydrogen (secondary N) is 2. The molecular weight excluding hydrogens is 394 g/mol. The van der Waals surface area contributed by atoms with Gasteiger partial charge in [-0.3, -0.25) is 14.5 Å². The van der Waals surface area contributed by atoms with Gasteiger partial charge in [0, 0.05) is 12.8 Å². The zero-order chi connectivity index (χ0) is 21.7. The zero-order valence-electron chi connectivity index (χ0n) is 16.4. The van der Waals surface area contributed by atoms with Crippen LogP contribution < -0.4 is 10.6 Å². The van der Waals surface area contributed by atoms with E-state index < -0.39 is 18.0 Å². The predicted molar refractivity (Wildman–Crippen MR) is 102 cm³/mol. The highest BCUT2D eigenvalue weighted by molar-refractivity contribution is 6.01. The molecule has 2 aliphatic heterocycles. The maximum atomic E-state index is 12.3. The normalized spacial score (nSPS) is 16.3. The maximum Gasteiger partial charge on any atom is 0.338 e. The van der Waals surface area contributed by atoms with Crippen molar-refractivity contribution in [3.05, 3.63) is 46.7 Å². The van der Waals surface area contributed by atoms with E-state index in [9.17, 15) is 24.0 Å². The number of hydrogen-bond donors (Lipinski definition) is 2. The van der Waals surface area contributed by atoms with Gasteiger partial charge in [-0.05, 0) is 24.6 Å². The number of benzene rings is 1. The second-order valence-corrected chi connectivity index (χ2v) is 6.63. The Morgan fingerprint density at radius 3 is 2.30 bits per heavy atom. The smallest absolute Gasteiger partial charge is 0.338 e. The molecule has 2 N–H and O–H groups in total. The van der Waals surface area contributed by atoms with Crippen LogP contribution in [0.5, 0.6) is 0 Å². The fraction of sp³-hybridized carbons (Fsp3) is 0.350. The molecule has 158 valence electrons. The van der Waals surface area contributed by atoms with Crippen LogP contribution in [0.1, 0.15) is 35.7 Å². The molecule has 0 atom stereocenters. The summed E-state index contributed by atoms with van der Waals surface area (Å²) in [7, 11) is 0. The summed E-state index contributed by atoms with van der Waals surface area (Å²) in [5.74, 6) is -1.68. The Kier molecular flexibility index (Phi) is 6.45. The van der Waals surface area contributed by atoms with Crippen LogP contribution in [0, 0.1) is 0 Å². The lowest BCUT2D eigenvalue weighted by Gasteiger charge is -2.21. The molecular formula is C20H21N3O7. The molecule has 2 heterocycles. The SMILES string of the molecule is CCOC(=O)C1=C(COC(=O)c2ccc(CN3C(=O)CCC3=O)cc2)NC(=O)NC1. The second kappa shape index (κ2) is 9.21. The summed E-state index contributed by atoms with van der Waals surface area (Å²) in [6, 6.07) is 5.79. The molecule has 3 rings (SSSR count). The predicted octanol–water partition coefficient (Wildman–Crippen LogP) is 0.622. The van der Waals surface area contributed by atoms with Crippen LogP contribution in [0.25, 0.3) is 0 Å². The van der Waals surface area contributed by atoms with Gasteiger partial charge in [0.25, 0.3) is 0 Å². The topological polar surface area (TPSA) is 131 Å². The number of rotatable bonds is 7. The summed E-state index contributed by atoms with van der Waals surface area (Å²) < 4.78 is 10.2. The lowest BCUT2D eigenvalue weighted by Crippen LogP contribution is -2.45. The fourth-order valence-corrected chi connectivity index (χ4v) is 3.02. The summed E-state index contributed by atoms with van der Waals surface area (Å²) >= 11 is 0. The summed E-state index contributed by atoms with van der Waals surface area (Å²) in [6.45, 7) is 1.65. The molecule has 4 amide bonds. The van der Waals surface area contributed by atoms with Gasteiger partial charge in [0.2, 0.25) is 11.8 Å². The lowest BCUT2D eigenvalue weighted by molar-refractivity contribution is -0.140. The molecule has 10 nitrogen and oxygen atoms in total. The second-order valence-electron chi connectivity index (χ2n) is 6.63. The quantitative estimate of drug-likeness (QED) is 0.493. The zero-order valence-corrected chi connectivity index (χ0v) is 16.4. The summed E-state index contributed by atoms with van der Waals surface area (Å²) in [4.78, 5) is 60.4. The molecule has 0 bridgehead atoms. The van der Waals surface area contributed by atoms with Crippen LogP contribution in [0.3, 0.4) is 0 Å². The molecule has 0 aliphatic carbocycles. The van der Waals surface area contributed by atoms with Gasteiger partial charge in [-0.25, -0.2) is 14.4 Å². The number of nitrogens with zero attached hydrogens (tertiary/aromatic N) is 1. The lowest BCUT2D eigenvalue weighted by atomic mass is 10.1. The van der Waals surface area contributed by atoms with Crippen molar-refractivity contribution in [2.75, 3.05) is 19.8 Å². The first kappa shape index (κ1) is 21.0. The number of carbonyl (C=O) groups excluding carboxylic acids is 5. The van der Waals surface area contributed by atoms with Crippen LogP contribution in [0.2, 0.25) is 0 Å². The first-order chi connectivity index (χ1) is 14.4. The van der Waals surface area contributed by atoms with Crippen LogP contribution in [-0.2, 0) is 30.4 Å². The van der Waals surface area contributed by atoms with Crippen LogP contribution in [0.15, 0.2) is 35.5 Å². The summed E-state index contributed by atoms with van der Waals surface area (Å²) in [6.07, 6.45) is 0.442. The summed E-state index contributed by atoms with van der Waals surface area (Å²) in [5.41, 5.74) is 1.29. The first-order valence-corrected chi connectivity index (χ1v) is 9.42. The Morgan fingerprint density at radius 1 is 1.00 bits per heavy atom. The Morgan fingerprint density at radius 2 is 1.67 bits per heavy atom. The van der Waals surface area contributed by atoms with E-state index in [0.29, 0.717) is 5.56 Å². The number of imide groups is 1. The first-order valence-electron chi connectivity index (χ1n) is 9.42. The van der Waals surface area contributed by atoms with Gasteiger partial charge >= 0.3 is 18.0 Å². The van der Waals surface area contributed by atoms with Crippen molar-refractivity contribution in [3.8, 4) is 0 Å². The number of hydrogen-bond acceptors (Lipinski definition) is 7. The van der Waals surface area contributed by atoms with Gasteiger partial charge in [0.1, 0.15) is 6.61 Å². The Labute approximate surface area is 172 Å². The fourth-order valence-electron chi connectivity index (χ4n) is 3.02. The van der Waals surface area contributed by atoms with Crippen molar-refractivity contribution in [2.45, 2.75) is 26.3 Å². The van der Waals surface area contributed by atoms with Crippen molar-refractivity contribution in [2.24, 2.45) is 0 Å². The van der Waals surface area contributed by atoms with Crippen molar-refractivity contribution < 1.29 is 33.4 Å². The van der Waals surface area contributed by atoms with Crippen LogP contribution in [0.4, 0.5) is 4.79 Å². The molecule has 2 aliphatic rings. The minimum absolute atomic E-state index is 0.0276. The molecule has 0 aromatic heterocycles. The van der Waals surface area contributed by atoms with Gasteiger partial charge in [-0.1, -0.05) is 12.1 Å². The highest BCUT2D eigenvalue weighted by atomic mass is 16.5. The van der Waals surface area contributed by atoms with E-state index in [-0.39, 0.29) is 67.8 Å². The Bertz CT molecular complexity index is 905. The third kappa shape index (κ3) is 4.83. The van der Waals surface area contributed by atoms with E-state index in [0.717, 1.165) is 0 Å². The Hall–Kier alpha value is -3.69. The molecule has 0 unspecified atom stereocenters. The van der Waals surface area contributed by atoms with E-state index in [1.165, 1.54) is 17.0 Å². The van der Waals surface area contributed by atoms with Crippen LogP contribution >= 0.6 is 0 Å². The Balaban J connectivity index is 1.62. The third-order valence-electron chi connectivity index (χ3n) is 4.61. The van der Waals surface area contributed by atoms with Crippen LogP contribution in [-0.4, -0.2) is 54.4 Å². The van der Waals surface area contributed by atoms with Crippen molar-refractivity contribution in [3.63, 3.8) is 0 Å². The highest BCUT2D eigenvalue weighted by Gasteiger charge is 2.29. The van der Waals surface area contributed by atoms with Crippen molar-refractivity contribution in [1.82, 2.24) is 15.5 Å². The monoisotopic (exact) mass is 415 g/mol. The maximum absolute atomic E-state index is 12.3. The largest absolute Gasteiger partial charge is 0.463 e. The molecule has 0 spiro atoms. The van der Waals surface area contributed by atoms with E-state index in [2.05, 4.69) is 10.6 Å². The average molecular weight is 415 g/mol. The number of esters is 2. The minimum atomic E-state index is -0.654. The van der Waals surface area contributed by atoms with Crippen molar-refractivity contribution >= 4 is 29.8 Å². The third-order valence-corrected chi connectivity index (χ3v) is 4.61. The minimum Gasteiger partial charge on any atom is -0.463 e. The summed E-state index contributed by atoms with van der Waals surface area (Å²) in [5, 5.41) is 4.91. The number of likely N-dealkylation sites (tertiary alicyclic amines) is 1. The van der Waals surface area contributed by atoms with E-state index >= 15 is 0 Å². The molecule has 1 aromatic rings. The molecule has 1 aromatic carbocycles. The van der Waals surface area contributed by atoms with Gasteiger partial charge in [-0.2, -0.15) is 0 Å². The van der Waals surface area contributed by atoms with Gasteiger partial charge in [0.15, 0.2) is 0 Å². The number of amides is 4. The molecule has 0 saturated carbocycles. The molecule has 10 heteroatoms. The number of ether oxygens (including phenoxy) is 2. The van der Waals surface area contributed by atoms with Gasteiger partial charge in [0.05, 0.1) is 36.5 Å². The molecule has 0 radical (unpaired) electrons. The molecule has 1 fully saturated rings. The van der Waals surface area contributed by atoms with E-state index in [4.69, 9.17) is 9.47 Å². The van der Waals surface area contributed by atoms with E-state index in [1.54, 1.807) is 19.1 Å². The molecule has 30 heavy (non-hydrogen) atoms. The standard InChI is InChI=1S/C20H21N3O7/c1-2-29-19(27)14-9-21-20(28)22-15(14)11-30-18(26)13-5-3-12(4-6-13)10-23-16(24)7-8-17(23)25/h3-6H,2,7-11H2,1H3,(H2,21,22,28). The van der Waals surface area contributed by atoms with Gasteiger partial charge in [-0.15, -0.1) is 0 Å². The molecule has 1 saturated heterocycles. The average Bonchev–Trinajstić information content (AvgIpc) is 3.04. The number of carbonyl (C=O) groups is 5. The van der Waals surface area contributed by atoms with Crippen molar-refractivity contribution in [1.29, 1.82) is 0 Å². The van der Waals surface area contributed by atoms with Gasteiger partial charge < -0.3 is 20.1 Å². The van der Waals surface area contributed by atoms with E-state index in [1.807, 2.05) is 0 Å². The number of urea groups is 1.